The van der Waals surface area contributed by atoms with Gasteiger partial charge in [-0.15, -0.1) is 0 Å². The summed E-state index contributed by atoms with van der Waals surface area (Å²) in [5.41, 5.74) is 1.93. The van der Waals surface area contributed by atoms with Crippen molar-refractivity contribution in [1.29, 1.82) is 0 Å². The molecule has 0 unspecified atom stereocenters. The van der Waals surface area contributed by atoms with Gasteiger partial charge in [0.1, 0.15) is 6.54 Å². The molecular formula is C18H22N4O3. The summed E-state index contributed by atoms with van der Waals surface area (Å²) in [4.78, 5) is 29.2. The summed E-state index contributed by atoms with van der Waals surface area (Å²) in [6.45, 7) is 1.29. The van der Waals surface area contributed by atoms with Gasteiger partial charge in [-0.2, -0.15) is 5.10 Å². The van der Waals surface area contributed by atoms with E-state index in [1.807, 2.05) is 23.1 Å². The molecule has 2 aromatic rings. The van der Waals surface area contributed by atoms with Gasteiger partial charge in [-0.3, -0.25) is 19.3 Å². The fraction of sp³-hybridized carbons (Fsp3) is 0.444. The topological polar surface area (TPSA) is 88.3 Å². The van der Waals surface area contributed by atoms with Crippen LogP contribution in [0.5, 0.6) is 0 Å². The molecule has 0 saturated carbocycles. The van der Waals surface area contributed by atoms with Crippen LogP contribution in [-0.4, -0.2) is 49.7 Å². The molecule has 1 atom stereocenters. The van der Waals surface area contributed by atoms with E-state index < -0.39 is 5.97 Å². The van der Waals surface area contributed by atoms with Crippen LogP contribution in [-0.2, 0) is 22.6 Å². The predicted octanol–water partition coefficient (Wildman–Crippen LogP) is 1.70. The Bertz CT molecular complexity index is 729. The van der Waals surface area contributed by atoms with Gasteiger partial charge in [0.2, 0.25) is 5.91 Å². The highest BCUT2D eigenvalue weighted by Crippen LogP contribution is 2.26. The van der Waals surface area contributed by atoms with Crippen LogP contribution in [0.15, 0.2) is 36.8 Å². The monoisotopic (exact) mass is 342 g/mol. The van der Waals surface area contributed by atoms with Gasteiger partial charge in [-0.25, -0.2) is 0 Å². The molecule has 2 aromatic heterocycles. The number of carboxylic acids is 1. The van der Waals surface area contributed by atoms with Crippen molar-refractivity contribution in [2.45, 2.75) is 38.1 Å². The number of carbonyl (C=O) groups excluding carboxylic acids is 1. The predicted molar refractivity (Wildman–Crippen MR) is 91.0 cm³/mol. The third kappa shape index (κ3) is 4.65. The summed E-state index contributed by atoms with van der Waals surface area (Å²) >= 11 is 0. The maximum Gasteiger partial charge on any atom is 0.325 e. The zero-order chi connectivity index (χ0) is 17.6. The second kappa shape index (κ2) is 7.92. The minimum absolute atomic E-state index is 0.138. The Balaban J connectivity index is 1.56. The Kier molecular flexibility index (Phi) is 5.42. The number of likely N-dealkylation sites (tertiary alicyclic amines) is 1. The minimum Gasteiger partial charge on any atom is -0.480 e. The summed E-state index contributed by atoms with van der Waals surface area (Å²) in [6, 6.07) is 5.72. The number of pyridine rings is 1. The van der Waals surface area contributed by atoms with E-state index in [4.69, 9.17) is 5.11 Å². The van der Waals surface area contributed by atoms with Crippen molar-refractivity contribution in [1.82, 2.24) is 19.7 Å². The second-order valence-corrected chi connectivity index (χ2v) is 6.37. The van der Waals surface area contributed by atoms with Gasteiger partial charge >= 0.3 is 5.97 Å². The number of aryl methyl sites for hydroxylation is 1. The zero-order valence-electron chi connectivity index (χ0n) is 14.0. The third-order valence-corrected chi connectivity index (χ3v) is 4.50. The van der Waals surface area contributed by atoms with E-state index >= 15 is 0 Å². The first-order chi connectivity index (χ1) is 12.1. The Labute approximate surface area is 146 Å². The van der Waals surface area contributed by atoms with Crippen molar-refractivity contribution in [2.24, 2.45) is 0 Å². The molecule has 1 saturated heterocycles. The van der Waals surface area contributed by atoms with Crippen LogP contribution in [0.1, 0.15) is 36.4 Å². The van der Waals surface area contributed by atoms with Crippen molar-refractivity contribution in [3.63, 3.8) is 0 Å². The molecule has 1 amide bonds. The fourth-order valence-electron chi connectivity index (χ4n) is 3.22. The Morgan fingerprint density at radius 1 is 1.32 bits per heavy atom. The van der Waals surface area contributed by atoms with Crippen LogP contribution in [0.3, 0.4) is 0 Å². The Morgan fingerprint density at radius 2 is 2.20 bits per heavy atom. The molecule has 132 valence electrons. The van der Waals surface area contributed by atoms with E-state index in [0.29, 0.717) is 19.4 Å². The first-order valence-electron chi connectivity index (χ1n) is 8.53. The van der Waals surface area contributed by atoms with Gasteiger partial charge in [0.25, 0.3) is 0 Å². The molecule has 7 heteroatoms. The quantitative estimate of drug-likeness (QED) is 0.863. The molecule has 1 aliphatic rings. The normalized spacial score (nSPS) is 17.4. The van der Waals surface area contributed by atoms with Crippen LogP contribution >= 0.6 is 0 Å². The highest BCUT2D eigenvalue weighted by atomic mass is 16.4. The van der Waals surface area contributed by atoms with Gasteiger partial charge in [0.15, 0.2) is 0 Å². The SMILES string of the molecule is O=C(O)Cn1ccc([C@@H]2CCCN(C(=O)CCc3cccnc3)C2)n1. The first kappa shape index (κ1) is 17.1. The van der Waals surface area contributed by atoms with Crippen molar-refractivity contribution < 1.29 is 14.7 Å². The number of aliphatic carboxylic acids is 1. The third-order valence-electron chi connectivity index (χ3n) is 4.50. The number of nitrogens with zero attached hydrogens (tertiary/aromatic N) is 4. The molecule has 0 radical (unpaired) electrons. The molecule has 3 heterocycles. The van der Waals surface area contributed by atoms with E-state index in [0.717, 1.165) is 30.6 Å². The largest absolute Gasteiger partial charge is 0.480 e. The summed E-state index contributed by atoms with van der Waals surface area (Å²) in [6.07, 6.45) is 8.29. The van der Waals surface area contributed by atoms with Crippen molar-refractivity contribution in [3.8, 4) is 0 Å². The summed E-state index contributed by atoms with van der Waals surface area (Å²) in [7, 11) is 0. The molecule has 0 aliphatic carbocycles. The standard InChI is InChI=1S/C18H22N4O3/c23-17(6-5-14-3-1-8-19-11-14)21-9-2-4-15(12-21)16-7-10-22(20-16)13-18(24)25/h1,3,7-8,10-11,15H,2,4-6,9,12-13H2,(H,24,25)/t15-/m1/s1. The average Bonchev–Trinajstić information content (AvgIpc) is 3.08. The van der Waals surface area contributed by atoms with Crippen LogP contribution in [0.2, 0.25) is 0 Å². The molecule has 0 bridgehead atoms. The molecule has 3 rings (SSSR count). The van der Waals surface area contributed by atoms with Crippen LogP contribution < -0.4 is 0 Å². The number of hydrogen-bond donors (Lipinski definition) is 1. The molecule has 0 aromatic carbocycles. The van der Waals surface area contributed by atoms with E-state index in [-0.39, 0.29) is 18.4 Å². The summed E-state index contributed by atoms with van der Waals surface area (Å²) in [5, 5.41) is 13.2. The summed E-state index contributed by atoms with van der Waals surface area (Å²) < 4.78 is 1.43. The number of amides is 1. The molecule has 1 fully saturated rings. The molecule has 7 nitrogen and oxygen atoms in total. The maximum atomic E-state index is 12.5. The number of rotatable bonds is 6. The van der Waals surface area contributed by atoms with Crippen LogP contribution in [0.25, 0.3) is 0 Å². The Hall–Kier alpha value is -2.70. The van der Waals surface area contributed by atoms with E-state index in [9.17, 15) is 9.59 Å². The van der Waals surface area contributed by atoms with Gasteiger partial charge in [-0.1, -0.05) is 6.07 Å². The van der Waals surface area contributed by atoms with Gasteiger partial charge < -0.3 is 10.0 Å². The lowest BCUT2D eigenvalue weighted by Crippen LogP contribution is -2.39. The van der Waals surface area contributed by atoms with Crippen molar-refractivity contribution >= 4 is 11.9 Å². The lowest BCUT2D eigenvalue weighted by molar-refractivity contribution is -0.138. The number of hydrogen-bond acceptors (Lipinski definition) is 4. The average molecular weight is 342 g/mol. The number of carboxylic acid groups (broad SMARTS) is 1. The van der Waals surface area contributed by atoms with Gasteiger partial charge in [0.05, 0.1) is 5.69 Å². The smallest absolute Gasteiger partial charge is 0.325 e. The maximum absolute atomic E-state index is 12.5. The van der Waals surface area contributed by atoms with Gasteiger partial charge in [0, 0.05) is 44.0 Å². The van der Waals surface area contributed by atoms with Crippen molar-refractivity contribution in [3.05, 3.63) is 48.0 Å². The summed E-state index contributed by atoms with van der Waals surface area (Å²) in [5.74, 6) is -0.588. The molecule has 0 spiro atoms. The van der Waals surface area contributed by atoms with E-state index in [1.165, 1.54) is 4.68 Å². The minimum atomic E-state index is -0.912. The lowest BCUT2D eigenvalue weighted by Gasteiger charge is -2.32. The van der Waals surface area contributed by atoms with Crippen molar-refractivity contribution in [2.75, 3.05) is 13.1 Å². The second-order valence-electron chi connectivity index (χ2n) is 6.37. The molecular weight excluding hydrogens is 320 g/mol. The molecule has 25 heavy (non-hydrogen) atoms. The number of aromatic nitrogens is 3. The lowest BCUT2D eigenvalue weighted by atomic mass is 9.94. The Morgan fingerprint density at radius 3 is 2.96 bits per heavy atom. The van der Waals surface area contributed by atoms with E-state index in [1.54, 1.807) is 18.6 Å². The molecule has 1 aliphatic heterocycles. The zero-order valence-corrected chi connectivity index (χ0v) is 14.0. The number of piperidine rings is 1. The van der Waals surface area contributed by atoms with Crippen LogP contribution in [0.4, 0.5) is 0 Å². The van der Waals surface area contributed by atoms with E-state index in [2.05, 4.69) is 10.1 Å². The van der Waals surface area contributed by atoms with Gasteiger partial charge in [-0.05, 0) is 37.0 Å². The number of carbonyl (C=O) groups is 2. The highest BCUT2D eigenvalue weighted by molar-refractivity contribution is 5.76. The van der Waals surface area contributed by atoms with Crippen LogP contribution in [0, 0.1) is 0 Å². The molecule has 1 N–H and O–H groups in total. The highest BCUT2D eigenvalue weighted by Gasteiger charge is 2.26. The fourth-order valence-corrected chi connectivity index (χ4v) is 3.22. The first-order valence-corrected chi connectivity index (χ1v) is 8.53.